The van der Waals surface area contributed by atoms with Crippen LogP contribution in [0.25, 0.3) is 0 Å². The maximum Gasteiger partial charge on any atom is 0.254 e. The van der Waals surface area contributed by atoms with E-state index in [4.69, 9.17) is 5.73 Å². The lowest BCUT2D eigenvalue weighted by atomic mass is 10.2. The number of nitrogens with one attached hydrogen (secondary N) is 1. The Balaban J connectivity index is 2.74. The summed E-state index contributed by atoms with van der Waals surface area (Å²) in [5.41, 5.74) is 6.68. The van der Waals surface area contributed by atoms with Gasteiger partial charge < -0.3 is 16.0 Å². The highest BCUT2D eigenvalue weighted by molar-refractivity contribution is 9.10. The number of rotatable bonds is 4. The molecule has 98 valence electrons. The van der Waals surface area contributed by atoms with Crippen molar-refractivity contribution < 1.29 is 9.59 Å². The van der Waals surface area contributed by atoms with Crippen molar-refractivity contribution in [2.24, 2.45) is 0 Å². The summed E-state index contributed by atoms with van der Waals surface area (Å²) >= 11 is 3.31. The van der Waals surface area contributed by atoms with Crippen LogP contribution in [0.2, 0.25) is 0 Å². The van der Waals surface area contributed by atoms with Gasteiger partial charge in [0.2, 0.25) is 5.91 Å². The highest BCUT2D eigenvalue weighted by atomic mass is 79.9. The van der Waals surface area contributed by atoms with Gasteiger partial charge in [-0.2, -0.15) is 0 Å². The summed E-state index contributed by atoms with van der Waals surface area (Å²) in [6.07, 6.45) is 0.276. The van der Waals surface area contributed by atoms with Crippen molar-refractivity contribution in [3.63, 3.8) is 0 Å². The Morgan fingerprint density at radius 3 is 2.72 bits per heavy atom. The van der Waals surface area contributed by atoms with Crippen LogP contribution in [0.4, 0.5) is 5.69 Å². The normalized spacial score (nSPS) is 9.94. The molecular formula is C12H16BrN3O2. The van der Waals surface area contributed by atoms with Crippen LogP contribution in [-0.2, 0) is 4.79 Å². The topological polar surface area (TPSA) is 75.4 Å². The summed E-state index contributed by atoms with van der Waals surface area (Å²) in [5.74, 6) is -0.264. The quantitative estimate of drug-likeness (QED) is 0.821. The summed E-state index contributed by atoms with van der Waals surface area (Å²) in [6, 6.07) is 5.06. The molecule has 6 heteroatoms. The van der Waals surface area contributed by atoms with Crippen LogP contribution in [0, 0.1) is 0 Å². The van der Waals surface area contributed by atoms with E-state index in [-0.39, 0.29) is 18.2 Å². The number of nitrogens with zero attached hydrogens (tertiary/aromatic N) is 1. The van der Waals surface area contributed by atoms with Crippen molar-refractivity contribution in [1.82, 2.24) is 10.2 Å². The third-order valence-electron chi connectivity index (χ3n) is 2.52. The number of hydrogen-bond donors (Lipinski definition) is 2. The molecular weight excluding hydrogens is 298 g/mol. The molecule has 0 bridgehead atoms. The second-order valence-corrected chi connectivity index (χ2v) is 4.74. The third-order valence-corrected chi connectivity index (χ3v) is 3.21. The molecule has 5 nitrogen and oxygen atoms in total. The molecule has 1 aromatic carbocycles. The fourth-order valence-electron chi connectivity index (χ4n) is 1.41. The van der Waals surface area contributed by atoms with Crippen LogP contribution in [-0.4, -0.2) is 37.4 Å². The van der Waals surface area contributed by atoms with Gasteiger partial charge in [-0.25, -0.2) is 0 Å². The molecule has 2 amide bonds. The van der Waals surface area contributed by atoms with Crippen LogP contribution in [0.15, 0.2) is 22.7 Å². The number of carbonyl (C=O) groups excluding carboxylic acids is 2. The van der Waals surface area contributed by atoms with Crippen LogP contribution < -0.4 is 11.1 Å². The highest BCUT2D eigenvalue weighted by Gasteiger charge is 2.15. The highest BCUT2D eigenvalue weighted by Crippen LogP contribution is 2.20. The first-order valence-electron chi connectivity index (χ1n) is 5.46. The lowest BCUT2D eigenvalue weighted by molar-refractivity contribution is -0.120. The monoisotopic (exact) mass is 313 g/mol. The van der Waals surface area contributed by atoms with E-state index in [1.807, 2.05) is 0 Å². The Kier molecular flexibility index (Phi) is 5.15. The number of nitrogens with two attached hydrogens (primary N) is 1. The van der Waals surface area contributed by atoms with Gasteiger partial charge in [0.1, 0.15) is 0 Å². The number of amides is 2. The molecule has 0 aliphatic carbocycles. The van der Waals surface area contributed by atoms with Crippen molar-refractivity contribution in [2.75, 3.05) is 26.4 Å². The van der Waals surface area contributed by atoms with E-state index < -0.39 is 0 Å². The van der Waals surface area contributed by atoms with Gasteiger partial charge in [-0.3, -0.25) is 9.59 Å². The Morgan fingerprint density at radius 2 is 2.11 bits per heavy atom. The van der Waals surface area contributed by atoms with Crippen molar-refractivity contribution >= 4 is 33.4 Å². The van der Waals surface area contributed by atoms with E-state index in [0.29, 0.717) is 22.3 Å². The van der Waals surface area contributed by atoms with Crippen molar-refractivity contribution in [2.45, 2.75) is 6.42 Å². The molecule has 0 atom stereocenters. The van der Waals surface area contributed by atoms with Gasteiger partial charge >= 0.3 is 0 Å². The van der Waals surface area contributed by atoms with E-state index in [2.05, 4.69) is 21.2 Å². The fraction of sp³-hybridized carbons (Fsp3) is 0.333. The van der Waals surface area contributed by atoms with E-state index in [0.717, 1.165) is 0 Å². The molecule has 3 N–H and O–H groups in total. The van der Waals surface area contributed by atoms with E-state index in [1.165, 1.54) is 4.90 Å². The number of halogens is 1. The lowest BCUT2D eigenvalue weighted by Crippen LogP contribution is -2.31. The van der Waals surface area contributed by atoms with E-state index in [1.54, 1.807) is 32.3 Å². The number of carbonyl (C=O) groups is 2. The molecule has 1 aromatic rings. The maximum atomic E-state index is 12.1. The molecule has 0 unspecified atom stereocenters. The first-order valence-corrected chi connectivity index (χ1v) is 6.26. The maximum absolute atomic E-state index is 12.1. The Labute approximate surface area is 114 Å². The second-order valence-electron chi connectivity index (χ2n) is 3.89. The van der Waals surface area contributed by atoms with Gasteiger partial charge in [-0.15, -0.1) is 0 Å². The number of nitrogen functional groups attached to an aromatic ring is 1. The van der Waals surface area contributed by atoms with Crippen LogP contribution in [0.1, 0.15) is 16.8 Å². The number of anilines is 1. The van der Waals surface area contributed by atoms with Crippen molar-refractivity contribution in [3.05, 3.63) is 28.2 Å². The van der Waals surface area contributed by atoms with Gasteiger partial charge in [0.25, 0.3) is 5.91 Å². The number of benzene rings is 1. The predicted molar refractivity (Wildman–Crippen MR) is 74.2 cm³/mol. The molecule has 0 aliphatic rings. The van der Waals surface area contributed by atoms with Crippen molar-refractivity contribution in [3.8, 4) is 0 Å². The Morgan fingerprint density at radius 1 is 1.44 bits per heavy atom. The van der Waals surface area contributed by atoms with Gasteiger partial charge in [0.15, 0.2) is 0 Å². The largest absolute Gasteiger partial charge is 0.399 e. The lowest BCUT2D eigenvalue weighted by Gasteiger charge is -2.17. The average molecular weight is 314 g/mol. The summed E-state index contributed by atoms with van der Waals surface area (Å²) in [6.45, 7) is 0.361. The molecule has 0 fully saturated rings. The summed E-state index contributed by atoms with van der Waals surface area (Å²) in [7, 11) is 3.22. The first-order chi connectivity index (χ1) is 8.45. The summed E-state index contributed by atoms with van der Waals surface area (Å²) < 4.78 is 0.688. The summed E-state index contributed by atoms with van der Waals surface area (Å²) in [5, 5.41) is 2.51. The second kappa shape index (κ2) is 6.39. The average Bonchev–Trinajstić information content (AvgIpc) is 2.37. The molecule has 0 radical (unpaired) electrons. The van der Waals surface area contributed by atoms with E-state index >= 15 is 0 Å². The molecule has 0 aliphatic heterocycles. The molecule has 0 saturated heterocycles. The van der Waals surface area contributed by atoms with Crippen LogP contribution in [0.5, 0.6) is 0 Å². The third kappa shape index (κ3) is 3.73. The molecule has 0 spiro atoms. The SMILES string of the molecule is CNC(=O)CCN(C)C(=O)c1cc(N)ccc1Br. The molecule has 18 heavy (non-hydrogen) atoms. The predicted octanol–water partition coefficient (Wildman–Crippen LogP) is 1.24. The molecule has 1 rings (SSSR count). The van der Waals surface area contributed by atoms with Gasteiger partial charge in [0.05, 0.1) is 5.56 Å². The van der Waals surface area contributed by atoms with Crippen LogP contribution >= 0.6 is 15.9 Å². The first kappa shape index (κ1) is 14.5. The zero-order valence-electron chi connectivity index (χ0n) is 10.4. The summed E-state index contributed by atoms with van der Waals surface area (Å²) in [4.78, 5) is 24.7. The minimum atomic E-state index is -0.168. The van der Waals surface area contributed by atoms with Gasteiger partial charge in [-0.1, -0.05) is 0 Å². The molecule has 0 aromatic heterocycles. The number of hydrogen-bond acceptors (Lipinski definition) is 3. The molecule has 0 heterocycles. The van der Waals surface area contributed by atoms with Crippen LogP contribution in [0.3, 0.4) is 0 Å². The smallest absolute Gasteiger partial charge is 0.254 e. The van der Waals surface area contributed by atoms with E-state index in [9.17, 15) is 9.59 Å². The standard InChI is InChI=1S/C12H16BrN3O2/c1-15-11(17)5-6-16(2)12(18)9-7-8(14)3-4-10(9)13/h3-4,7H,5-6,14H2,1-2H3,(H,15,17). The Bertz CT molecular complexity index is 463. The minimum absolute atomic E-state index is 0.0960. The van der Waals surface area contributed by atoms with Gasteiger partial charge in [-0.05, 0) is 34.1 Å². The van der Waals surface area contributed by atoms with Gasteiger partial charge in [0, 0.05) is 37.2 Å². The zero-order valence-corrected chi connectivity index (χ0v) is 12.0. The van der Waals surface area contributed by atoms with Crippen molar-refractivity contribution in [1.29, 1.82) is 0 Å². The minimum Gasteiger partial charge on any atom is -0.399 e. The fourth-order valence-corrected chi connectivity index (χ4v) is 1.82. The Hall–Kier alpha value is -1.56. The zero-order chi connectivity index (χ0) is 13.7. The molecule has 0 saturated carbocycles.